The third kappa shape index (κ3) is 2.75. The number of hydrogen-bond acceptors (Lipinski definition) is 3. The van der Waals surface area contributed by atoms with Crippen molar-refractivity contribution in [1.29, 1.82) is 0 Å². The van der Waals surface area contributed by atoms with Gasteiger partial charge in [0.2, 0.25) is 10.0 Å². The first-order valence-electron chi connectivity index (χ1n) is 7.07. The number of imidazole rings is 1. The minimum atomic E-state index is -3.56. The van der Waals surface area contributed by atoms with E-state index in [1.165, 1.54) is 0 Å². The molecule has 1 N–H and O–H groups in total. The largest absolute Gasteiger partial charge is 0.329 e. The lowest BCUT2D eigenvalue weighted by atomic mass is 10.3. The number of aryl methyl sites for hydroxylation is 2. The quantitative estimate of drug-likeness (QED) is 0.910. The molecule has 0 unspecified atom stereocenters. The molecule has 2 aromatic rings. The van der Waals surface area contributed by atoms with Gasteiger partial charge in [0, 0.05) is 19.1 Å². The Morgan fingerprint density at radius 3 is 2.19 bits per heavy atom. The van der Waals surface area contributed by atoms with Gasteiger partial charge in [-0.05, 0) is 45.9 Å². The molecule has 1 heterocycles. The molecule has 0 radical (unpaired) electrons. The van der Waals surface area contributed by atoms with E-state index in [1.807, 2.05) is 13.8 Å². The van der Waals surface area contributed by atoms with Crippen LogP contribution in [0, 0.1) is 0 Å². The Labute approximate surface area is 124 Å². The van der Waals surface area contributed by atoms with Gasteiger partial charge >= 0.3 is 5.69 Å². The number of sulfonamides is 1. The molecule has 0 aliphatic carbocycles. The van der Waals surface area contributed by atoms with E-state index < -0.39 is 10.0 Å². The SMILES string of the molecule is CCn1c(=O)n(CC)c2cc(S(=O)(=O)NC(C)C)ccc21. The molecular formula is C14H21N3O3S. The van der Waals surface area contributed by atoms with E-state index >= 15 is 0 Å². The van der Waals surface area contributed by atoms with E-state index in [-0.39, 0.29) is 16.6 Å². The van der Waals surface area contributed by atoms with Gasteiger partial charge in [-0.1, -0.05) is 0 Å². The molecule has 21 heavy (non-hydrogen) atoms. The third-order valence-corrected chi connectivity index (χ3v) is 4.98. The molecule has 0 aliphatic heterocycles. The van der Waals surface area contributed by atoms with Gasteiger partial charge in [-0.25, -0.2) is 17.9 Å². The number of nitrogens with one attached hydrogen (secondary N) is 1. The fourth-order valence-electron chi connectivity index (χ4n) is 2.46. The number of rotatable bonds is 5. The fourth-order valence-corrected chi connectivity index (χ4v) is 3.73. The Kier molecular flexibility index (Phi) is 4.25. The van der Waals surface area contributed by atoms with Crippen LogP contribution in [0.4, 0.5) is 0 Å². The second-order valence-electron chi connectivity index (χ2n) is 5.20. The summed E-state index contributed by atoms with van der Waals surface area (Å²) in [5, 5.41) is 0. The van der Waals surface area contributed by atoms with Crippen LogP contribution in [0.5, 0.6) is 0 Å². The van der Waals surface area contributed by atoms with Gasteiger partial charge in [-0.15, -0.1) is 0 Å². The molecule has 1 aromatic heterocycles. The summed E-state index contributed by atoms with van der Waals surface area (Å²) in [6.45, 7) is 8.36. The molecule has 0 fully saturated rings. The van der Waals surface area contributed by atoms with E-state index in [1.54, 1.807) is 41.2 Å². The Bertz CT molecular complexity index is 816. The Morgan fingerprint density at radius 2 is 1.67 bits per heavy atom. The summed E-state index contributed by atoms with van der Waals surface area (Å²) < 4.78 is 30.3. The molecule has 0 aliphatic rings. The Morgan fingerprint density at radius 1 is 1.10 bits per heavy atom. The number of nitrogens with zero attached hydrogens (tertiary/aromatic N) is 2. The fraction of sp³-hybridized carbons (Fsp3) is 0.500. The maximum Gasteiger partial charge on any atom is 0.329 e. The van der Waals surface area contributed by atoms with E-state index in [4.69, 9.17) is 0 Å². The molecular weight excluding hydrogens is 290 g/mol. The molecule has 0 saturated heterocycles. The summed E-state index contributed by atoms with van der Waals surface area (Å²) >= 11 is 0. The molecule has 0 bridgehead atoms. The number of aromatic nitrogens is 2. The van der Waals surface area contributed by atoms with Crippen molar-refractivity contribution >= 4 is 21.1 Å². The average molecular weight is 311 g/mol. The van der Waals surface area contributed by atoms with Gasteiger partial charge in [0.1, 0.15) is 0 Å². The second-order valence-corrected chi connectivity index (χ2v) is 6.91. The van der Waals surface area contributed by atoms with Gasteiger partial charge in [0.15, 0.2) is 0 Å². The Balaban J connectivity index is 2.70. The van der Waals surface area contributed by atoms with E-state index in [0.717, 1.165) is 5.52 Å². The van der Waals surface area contributed by atoms with E-state index in [2.05, 4.69) is 4.72 Å². The summed E-state index contributed by atoms with van der Waals surface area (Å²) in [7, 11) is -3.56. The second kappa shape index (κ2) is 5.65. The van der Waals surface area contributed by atoms with Gasteiger partial charge in [-0.2, -0.15) is 0 Å². The van der Waals surface area contributed by atoms with Gasteiger partial charge in [-0.3, -0.25) is 9.13 Å². The van der Waals surface area contributed by atoms with Crippen molar-refractivity contribution in [3.05, 3.63) is 28.7 Å². The van der Waals surface area contributed by atoms with Crippen LogP contribution in [0.3, 0.4) is 0 Å². The van der Waals surface area contributed by atoms with Crippen molar-refractivity contribution in [3.63, 3.8) is 0 Å². The first-order valence-corrected chi connectivity index (χ1v) is 8.55. The molecule has 0 amide bonds. The summed E-state index contributed by atoms with van der Waals surface area (Å²) in [6.07, 6.45) is 0. The van der Waals surface area contributed by atoms with Crippen LogP contribution < -0.4 is 10.4 Å². The first kappa shape index (κ1) is 15.8. The summed E-state index contributed by atoms with van der Waals surface area (Å²) in [5.41, 5.74) is 1.30. The average Bonchev–Trinajstić information content (AvgIpc) is 2.67. The van der Waals surface area contributed by atoms with E-state index in [0.29, 0.717) is 18.6 Å². The normalized spacial score (nSPS) is 12.4. The van der Waals surface area contributed by atoms with Crippen LogP contribution in [-0.2, 0) is 23.1 Å². The van der Waals surface area contributed by atoms with Crippen molar-refractivity contribution in [1.82, 2.24) is 13.9 Å². The highest BCUT2D eigenvalue weighted by atomic mass is 32.2. The lowest BCUT2D eigenvalue weighted by molar-refractivity contribution is 0.570. The molecule has 2 rings (SSSR count). The predicted molar refractivity (Wildman–Crippen MR) is 83.0 cm³/mol. The number of benzene rings is 1. The van der Waals surface area contributed by atoms with Crippen molar-refractivity contribution in [2.45, 2.75) is 51.7 Å². The monoisotopic (exact) mass is 311 g/mol. The zero-order chi connectivity index (χ0) is 15.8. The van der Waals surface area contributed by atoms with Crippen LogP contribution in [0.2, 0.25) is 0 Å². The minimum Gasteiger partial charge on any atom is -0.292 e. The van der Waals surface area contributed by atoms with Gasteiger partial charge < -0.3 is 0 Å². The summed E-state index contributed by atoms with van der Waals surface area (Å²) in [6, 6.07) is 4.62. The predicted octanol–water partition coefficient (Wildman–Crippen LogP) is 1.53. The maximum atomic E-state index is 12.3. The third-order valence-electron chi connectivity index (χ3n) is 3.32. The zero-order valence-corrected chi connectivity index (χ0v) is 13.6. The zero-order valence-electron chi connectivity index (χ0n) is 12.8. The van der Waals surface area contributed by atoms with Crippen molar-refractivity contribution in [3.8, 4) is 0 Å². The highest BCUT2D eigenvalue weighted by molar-refractivity contribution is 7.89. The Hall–Kier alpha value is -1.60. The van der Waals surface area contributed by atoms with Crippen LogP contribution in [0.15, 0.2) is 27.9 Å². The van der Waals surface area contributed by atoms with Crippen LogP contribution in [-0.4, -0.2) is 23.6 Å². The molecule has 0 saturated carbocycles. The molecule has 1 aromatic carbocycles. The van der Waals surface area contributed by atoms with Crippen LogP contribution in [0.1, 0.15) is 27.7 Å². The molecule has 0 spiro atoms. The van der Waals surface area contributed by atoms with Gasteiger partial charge in [0.05, 0.1) is 15.9 Å². The van der Waals surface area contributed by atoms with Crippen molar-refractivity contribution < 1.29 is 8.42 Å². The molecule has 0 atom stereocenters. The van der Waals surface area contributed by atoms with Crippen LogP contribution >= 0.6 is 0 Å². The molecule has 6 nitrogen and oxygen atoms in total. The molecule has 7 heteroatoms. The standard InChI is InChI=1S/C14H21N3O3S/c1-5-16-12-8-7-11(21(19,20)15-10(3)4)9-13(12)17(6-2)14(16)18/h7-10,15H,5-6H2,1-4H3. The summed E-state index contributed by atoms with van der Waals surface area (Å²) in [4.78, 5) is 12.4. The lowest BCUT2D eigenvalue weighted by Crippen LogP contribution is -2.30. The smallest absolute Gasteiger partial charge is 0.292 e. The highest BCUT2D eigenvalue weighted by Crippen LogP contribution is 2.19. The van der Waals surface area contributed by atoms with Crippen molar-refractivity contribution in [2.24, 2.45) is 0 Å². The van der Waals surface area contributed by atoms with Crippen LogP contribution in [0.25, 0.3) is 11.0 Å². The number of fused-ring (bicyclic) bond motifs is 1. The summed E-state index contributed by atoms with van der Waals surface area (Å²) in [5.74, 6) is 0. The maximum absolute atomic E-state index is 12.3. The van der Waals surface area contributed by atoms with Gasteiger partial charge in [0.25, 0.3) is 0 Å². The molecule has 116 valence electrons. The number of hydrogen-bond donors (Lipinski definition) is 1. The highest BCUT2D eigenvalue weighted by Gasteiger charge is 2.18. The minimum absolute atomic E-state index is 0.110. The van der Waals surface area contributed by atoms with Crippen molar-refractivity contribution in [2.75, 3.05) is 0 Å². The first-order chi connectivity index (χ1) is 9.81. The van der Waals surface area contributed by atoms with E-state index in [9.17, 15) is 13.2 Å². The topological polar surface area (TPSA) is 73.1 Å². The lowest BCUT2D eigenvalue weighted by Gasteiger charge is -2.10.